The van der Waals surface area contributed by atoms with Crippen molar-refractivity contribution in [3.63, 3.8) is 0 Å². The molecule has 0 aliphatic carbocycles. The van der Waals surface area contributed by atoms with Crippen LogP contribution in [0.15, 0.2) is 0 Å². The van der Waals surface area contributed by atoms with Crippen molar-refractivity contribution in [3.8, 4) is 0 Å². The molecule has 0 rings (SSSR count). The summed E-state index contributed by atoms with van der Waals surface area (Å²) in [6, 6.07) is 0. The molecule has 0 aromatic carbocycles. The molecule has 106 valence electrons. The van der Waals surface area contributed by atoms with Gasteiger partial charge in [-0.15, -0.1) is 0 Å². The molecule has 0 heterocycles. The molecule has 0 aliphatic heterocycles. The number of amides is 2. The number of carbonyl (C=O) groups excluding carboxylic acids is 2. The van der Waals surface area contributed by atoms with Crippen molar-refractivity contribution in [2.45, 2.75) is 20.0 Å². The first-order valence-corrected chi connectivity index (χ1v) is 5.99. The highest BCUT2D eigenvalue weighted by molar-refractivity contribution is 5.68. The number of hydrogen-bond donors (Lipinski definition) is 2. The first-order valence-electron chi connectivity index (χ1n) is 5.99. The Morgan fingerprint density at radius 1 is 1.11 bits per heavy atom. The molecule has 2 N–H and O–H groups in total. The number of likely N-dealkylation sites (N-methyl/N-ethyl adjacent to an activating group) is 1. The second kappa shape index (κ2) is 9.52. The lowest BCUT2D eigenvalue weighted by atomic mass is 10.3. The summed E-state index contributed by atoms with van der Waals surface area (Å²) in [6.45, 7) is 5.09. The van der Waals surface area contributed by atoms with E-state index in [9.17, 15) is 9.59 Å². The molecule has 1 unspecified atom stereocenters. The Morgan fingerprint density at radius 3 is 2.17 bits per heavy atom. The van der Waals surface area contributed by atoms with Gasteiger partial charge in [0.1, 0.15) is 6.61 Å². The fourth-order valence-electron chi connectivity index (χ4n) is 1.23. The van der Waals surface area contributed by atoms with Gasteiger partial charge in [0.2, 0.25) is 0 Å². The average Bonchev–Trinajstić information content (AvgIpc) is 2.26. The van der Waals surface area contributed by atoms with Crippen LogP contribution in [0.25, 0.3) is 0 Å². The summed E-state index contributed by atoms with van der Waals surface area (Å²) < 4.78 is 10.1. The van der Waals surface area contributed by atoms with E-state index >= 15 is 0 Å². The summed E-state index contributed by atoms with van der Waals surface area (Å²) in [5.74, 6) is 0. The Balaban J connectivity index is 4.13. The van der Waals surface area contributed by atoms with E-state index in [1.54, 1.807) is 13.8 Å². The highest BCUT2D eigenvalue weighted by Gasteiger charge is 2.17. The Hall–Kier alpha value is -1.50. The topological polar surface area (TPSA) is 79.9 Å². The van der Waals surface area contributed by atoms with Gasteiger partial charge in [-0.2, -0.15) is 0 Å². The summed E-state index contributed by atoms with van der Waals surface area (Å²) in [4.78, 5) is 24.3. The van der Waals surface area contributed by atoms with E-state index < -0.39 is 18.3 Å². The van der Waals surface area contributed by atoms with Gasteiger partial charge in [-0.1, -0.05) is 0 Å². The maximum absolute atomic E-state index is 11.3. The number of carbonyl (C=O) groups is 2. The van der Waals surface area contributed by atoms with Gasteiger partial charge in [0.25, 0.3) is 0 Å². The first kappa shape index (κ1) is 16.5. The monoisotopic (exact) mass is 261 g/mol. The van der Waals surface area contributed by atoms with Crippen LogP contribution in [-0.4, -0.2) is 63.5 Å². The molecular formula is C11H23N3O4. The van der Waals surface area contributed by atoms with Crippen LogP contribution in [0, 0.1) is 0 Å². The number of ether oxygens (including phenoxy) is 2. The summed E-state index contributed by atoms with van der Waals surface area (Å²) >= 11 is 0. The normalized spacial score (nSPS) is 11.8. The molecule has 18 heavy (non-hydrogen) atoms. The van der Waals surface area contributed by atoms with E-state index in [0.29, 0.717) is 19.6 Å². The largest absolute Gasteiger partial charge is 0.446 e. The van der Waals surface area contributed by atoms with Crippen LogP contribution in [0.4, 0.5) is 9.59 Å². The smallest absolute Gasteiger partial charge is 0.407 e. The third-order valence-electron chi connectivity index (χ3n) is 1.89. The predicted octanol–water partition coefficient (Wildman–Crippen LogP) is 0.409. The Kier molecular flexibility index (Phi) is 8.73. The lowest BCUT2D eigenvalue weighted by molar-refractivity contribution is 0.0321. The van der Waals surface area contributed by atoms with Gasteiger partial charge in [0.05, 0.1) is 0 Å². The number of nitrogens with zero attached hydrogens (tertiary/aromatic N) is 1. The van der Waals surface area contributed by atoms with Crippen LogP contribution in [0.3, 0.4) is 0 Å². The van der Waals surface area contributed by atoms with Crippen LogP contribution in [0.5, 0.6) is 0 Å². The molecule has 0 aromatic heterocycles. The molecule has 0 spiro atoms. The van der Waals surface area contributed by atoms with Crippen molar-refractivity contribution in [2.24, 2.45) is 0 Å². The zero-order valence-corrected chi connectivity index (χ0v) is 11.5. The lowest BCUT2D eigenvalue weighted by Crippen LogP contribution is -2.39. The van der Waals surface area contributed by atoms with Crippen molar-refractivity contribution in [3.05, 3.63) is 0 Å². The van der Waals surface area contributed by atoms with Crippen molar-refractivity contribution in [1.29, 1.82) is 0 Å². The molecule has 0 saturated carbocycles. The molecule has 7 heteroatoms. The van der Waals surface area contributed by atoms with E-state index in [4.69, 9.17) is 9.47 Å². The highest BCUT2D eigenvalue weighted by Crippen LogP contribution is 1.97. The molecule has 7 nitrogen and oxygen atoms in total. The zero-order valence-electron chi connectivity index (χ0n) is 11.5. The summed E-state index contributed by atoms with van der Waals surface area (Å²) in [5, 5.41) is 5.03. The van der Waals surface area contributed by atoms with Crippen molar-refractivity contribution >= 4 is 12.2 Å². The Morgan fingerprint density at radius 2 is 1.67 bits per heavy atom. The number of nitrogens with one attached hydrogen (secondary N) is 2. The zero-order chi connectivity index (χ0) is 14.0. The average molecular weight is 261 g/mol. The van der Waals surface area contributed by atoms with Gasteiger partial charge in [-0.3, -0.25) is 0 Å². The molecule has 0 aromatic rings. The van der Waals surface area contributed by atoms with E-state index in [2.05, 4.69) is 10.6 Å². The molecule has 0 saturated heterocycles. The van der Waals surface area contributed by atoms with Gasteiger partial charge in [0.15, 0.2) is 6.10 Å². The maximum Gasteiger partial charge on any atom is 0.407 e. The fourth-order valence-corrected chi connectivity index (χ4v) is 1.23. The maximum atomic E-state index is 11.3. The van der Waals surface area contributed by atoms with E-state index in [1.165, 1.54) is 0 Å². The molecule has 0 bridgehead atoms. The molecule has 0 radical (unpaired) electrons. The number of hydrogen-bond acceptors (Lipinski definition) is 5. The van der Waals surface area contributed by atoms with E-state index in [0.717, 1.165) is 0 Å². The molecule has 1 atom stereocenters. The van der Waals surface area contributed by atoms with Crippen LogP contribution < -0.4 is 10.6 Å². The second-order valence-electron chi connectivity index (χ2n) is 3.95. The highest BCUT2D eigenvalue weighted by atomic mass is 16.6. The van der Waals surface area contributed by atoms with Crippen LogP contribution >= 0.6 is 0 Å². The lowest BCUT2D eigenvalue weighted by Gasteiger charge is -2.21. The van der Waals surface area contributed by atoms with Gasteiger partial charge in [0, 0.05) is 19.6 Å². The third kappa shape index (κ3) is 8.63. The predicted molar refractivity (Wildman–Crippen MR) is 67.5 cm³/mol. The molecule has 0 fully saturated rings. The quantitative estimate of drug-likeness (QED) is 0.694. The minimum absolute atomic E-state index is 0.0289. The molecule has 0 aliphatic rings. The standard InChI is InChI=1S/C11H23N3O4/c1-5-12-10(15)17-8-9(7-14(3)4)18-11(16)13-6-2/h9H,5-8H2,1-4H3,(H,12,15)(H,13,16). The summed E-state index contributed by atoms with van der Waals surface area (Å²) in [7, 11) is 3.69. The summed E-state index contributed by atoms with van der Waals surface area (Å²) in [5.41, 5.74) is 0. The van der Waals surface area contributed by atoms with Crippen molar-refractivity contribution in [1.82, 2.24) is 15.5 Å². The Labute approximate surface area is 108 Å². The van der Waals surface area contributed by atoms with Crippen molar-refractivity contribution < 1.29 is 19.1 Å². The van der Waals surface area contributed by atoms with Gasteiger partial charge in [-0.25, -0.2) is 9.59 Å². The van der Waals surface area contributed by atoms with Gasteiger partial charge in [-0.05, 0) is 27.9 Å². The number of rotatable bonds is 7. The van der Waals surface area contributed by atoms with Crippen LogP contribution in [-0.2, 0) is 9.47 Å². The van der Waals surface area contributed by atoms with Crippen molar-refractivity contribution in [2.75, 3.05) is 40.3 Å². The SMILES string of the molecule is CCNC(=O)OCC(CN(C)C)OC(=O)NCC. The van der Waals surface area contributed by atoms with Gasteiger partial charge < -0.3 is 25.0 Å². The van der Waals surface area contributed by atoms with Crippen LogP contribution in [0.2, 0.25) is 0 Å². The molecular weight excluding hydrogens is 238 g/mol. The minimum atomic E-state index is -0.513. The third-order valence-corrected chi connectivity index (χ3v) is 1.89. The van der Waals surface area contributed by atoms with Gasteiger partial charge >= 0.3 is 12.2 Å². The van der Waals surface area contributed by atoms with E-state index in [-0.39, 0.29) is 6.61 Å². The Bertz CT molecular complexity index is 259. The number of alkyl carbamates (subject to hydrolysis) is 2. The second-order valence-corrected chi connectivity index (χ2v) is 3.95. The fraction of sp³-hybridized carbons (Fsp3) is 0.818. The van der Waals surface area contributed by atoms with E-state index in [1.807, 2.05) is 19.0 Å². The summed E-state index contributed by atoms with van der Waals surface area (Å²) in [6.07, 6.45) is -1.52. The minimum Gasteiger partial charge on any atom is -0.446 e. The van der Waals surface area contributed by atoms with Crippen LogP contribution in [0.1, 0.15) is 13.8 Å². The molecule has 2 amide bonds. The first-order chi connectivity index (χ1) is 8.49.